The summed E-state index contributed by atoms with van der Waals surface area (Å²) in [5.74, 6) is 0.416. The van der Waals surface area contributed by atoms with Crippen molar-refractivity contribution < 1.29 is 13.9 Å². The first-order valence-electron chi connectivity index (χ1n) is 9.79. The molecule has 28 heavy (non-hydrogen) atoms. The highest BCUT2D eigenvalue weighted by molar-refractivity contribution is 5.88. The minimum absolute atomic E-state index is 0.110. The standard InChI is InChI=1S/C23H27FN2O2/c1-4-15(2)22(25-16(3)27)23-26-20(14-28-23)13-19-12-18(10-11-21(19)24)17-8-6-5-7-9-17/h5-12,15,20,22H,4,13-14H2,1-3H3,(H,25,27)/t15-,20?,22-/m0/s1. The number of carbonyl (C=O) groups is 1. The molecule has 3 atom stereocenters. The van der Waals surface area contributed by atoms with Crippen LogP contribution in [-0.4, -0.2) is 30.5 Å². The van der Waals surface area contributed by atoms with Crippen molar-refractivity contribution in [3.05, 3.63) is 59.9 Å². The van der Waals surface area contributed by atoms with Gasteiger partial charge in [-0.2, -0.15) is 0 Å². The molecule has 2 aromatic carbocycles. The van der Waals surface area contributed by atoms with Gasteiger partial charge in [-0.25, -0.2) is 9.38 Å². The van der Waals surface area contributed by atoms with E-state index in [4.69, 9.17) is 4.74 Å². The highest BCUT2D eigenvalue weighted by atomic mass is 19.1. The Balaban J connectivity index is 1.78. The lowest BCUT2D eigenvalue weighted by Crippen LogP contribution is -2.44. The number of hydrogen-bond acceptors (Lipinski definition) is 3. The fourth-order valence-electron chi connectivity index (χ4n) is 3.41. The average molecular weight is 382 g/mol. The second-order valence-electron chi connectivity index (χ2n) is 7.37. The number of rotatable bonds is 7. The van der Waals surface area contributed by atoms with Gasteiger partial charge in [0.2, 0.25) is 11.8 Å². The van der Waals surface area contributed by atoms with Crippen LogP contribution in [-0.2, 0) is 16.0 Å². The SMILES string of the molecule is CC[C@H](C)[C@H](NC(C)=O)C1=NC(Cc2cc(-c3ccccc3)ccc2F)CO1. The van der Waals surface area contributed by atoms with E-state index in [1.807, 2.05) is 36.4 Å². The van der Waals surface area contributed by atoms with Gasteiger partial charge >= 0.3 is 0 Å². The van der Waals surface area contributed by atoms with Crippen molar-refractivity contribution >= 4 is 11.8 Å². The Morgan fingerprint density at radius 3 is 2.68 bits per heavy atom. The molecule has 0 bridgehead atoms. The topological polar surface area (TPSA) is 50.7 Å². The normalized spacial score (nSPS) is 18.1. The van der Waals surface area contributed by atoms with Crippen LogP contribution in [0.15, 0.2) is 53.5 Å². The van der Waals surface area contributed by atoms with Crippen LogP contribution in [0.5, 0.6) is 0 Å². The fourth-order valence-corrected chi connectivity index (χ4v) is 3.41. The molecular formula is C23H27FN2O2. The molecule has 148 valence electrons. The van der Waals surface area contributed by atoms with Crippen LogP contribution >= 0.6 is 0 Å². The maximum Gasteiger partial charge on any atom is 0.217 e. The molecule has 1 amide bonds. The molecule has 1 N–H and O–H groups in total. The zero-order chi connectivity index (χ0) is 20.1. The Bertz CT molecular complexity index is 851. The third-order valence-electron chi connectivity index (χ3n) is 5.18. The summed E-state index contributed by atoms with van der Waals surface area (Å²) in [6.07, 6.45) is 1.36. The van der Waals surface area contributed by atoms with Gasteiger partial charge < -0.3 is 10.1 Å². The summed E-state index contributed by atoms with van der Waals surface area (Å²) in [4.78, 5) is 16.2. The predicted molar refractivity (Wildman–Crippen MR) is 110 cm³/mol. The third kappa shape index (κ3) is 4.77. The van der Waals surface area contributed by atoms with Crippen LogP contribution < -0.4 is 5.32 Å². The van der Waals surface area contributed by atoms with Gasteiger partial charge in [0.15, 0.2) is 0 Å². The number of nitrogens with one attached hydrogen (secondary N) is 1. The quantitative estimate of drug-likeness (QED) is 0.772. The molecule has 4 nitrogen and oxygen atoms in total. The van der Waals surface area contributed by atoms with Crippen molar-refractivity contribution in [2.45, 2.75) is 45.7 Å². The molecule has 0 aromatic heterocycles. The Morgan fingerprint density at radius 1 is 1.25 bits per heavy atom. The summed E-state index contributed by atoms with van der Waals surface area (Å²) >= 11 is 0. The number of ether oxygens (including phenoxy) is 1. The highest BCUT2D eigenvalue weighted by Crippen LogP contribution is 2.24. The lowest BCUT2D eigenvalue weighted by molar-refractivity contribution is -0.119. The van der Waals surface area contributed by atoms with Crippen molar-refractivity contribution in [3.63, 3.8) is 0 Å². The van der Waals surface area contributed by atoms with Gasteiger partial charge in [-0.05, 0) is 34.7 Å². The monoisotopic (exact) mass is 382 g/mol. The first-order chi connectivity index (χ1) is 13.5. The molecule has 0 fully saturated rings. The molecule has 5 heteroatoms. The van der Waals surface area contributed by atoms with E-state index in [1.54, 1.807) is 6.07 Å². The van der Waals surface area contributed by atoms with E-state index in [2.05, 4.69) is 24.2 Å². The van der Waals surface area contributed by atoms with Gasteiger partial charge in [0.05, 0.1) is 6.04 Å². The van der Waals surface area contributed by atoms with E-state index < -0.39 is 0 Å². The predicted octanol–water partition coefficient (Wildman–Crippen LogP) is 4.38. The largest absolute Gasteiger partial charge is 0.477 e. The van der Waals surface area contributed by atoms with Crippen LogP contribution in [0.3, 0.4) is 0 Å². The molecule has 1 aliphatic rings. The Labute approximate surface area is 165 Å². The van der Waals surface area contributed by atoms with Crippen molar-refractivity contribution in [2.75, 3.05) is 6.61 Å². The van der Waals surface area contributed by atoms with Gasteiger partial charge in [0.25, 0.3) is 0 Å². The number of benzene rings is 2. The average Bonchev–Trinajstić information content (AvgIpc) is 3.16. The molecule has 1 unspecified atom stereocenters. The molecule has 0 aliphatic carbocycles. The van der Waals surface area contributed by atoms with Gasteiger partial charge in [-0.1, -0.05) is 56.7 Å². The van der Waals surface area contributed by atoms with E-state index in [0.717, 1.165) is 17.5 Å². The molecule has 1 heterocycles. The molecule has 1 aliphatic heterocycles. The van der Waals surface area contributed by atoms with Crippen molar-refractivity contribution in [1.29, 1.82) is 0 Å². The van der Waals surface area contributed by atoms with Gasteiger partial charge in [-0.3, -0.25) is 4.79 Å². The second-order valence-corrected chi connectivity index (χ2v) is 7.37. The van der Waals surface area contributed by atoms with Crippen LogP contribution in [0.25, 0.3) is 11.1 Å². The summed E-state index contributed by atoms with van der Waals surface area (Å²) in [7, 11) is 0. The number of halogens is 1. The molecule has 3 rings (SSSR count). The Kier molecular flexibility index (Phi) is 6.45. The summed E-state index contributed by atoms with van der Waals surface area (Å²) < 4.78 is 20.2. The first kappa shape index (κ1) is 20.1. The summed E-state index contributed by atoms with van der Waals surface area (Å²) in [6, 6.07) is 14.7. The van der Waals surface area contributed by atoms with Crippen LogP contribution in [0.4, 0.5) is 4.39 Å². The minimum Gasteiger partial charge on any atom is -0.477 e. The lowest BCUT2D eigenvalue weighted by Gasteiger charge is -2.22. The van der Waals surface area contributed by atoms with E-state index >= 15 is 0 Å². The third-order valence-corrected chi connectivity index (χ3v) is 5.18. The van der Waals surface area contributed by atoms with Crippen LogP contribution in [0, 0.1) is 11.7 Å². The van der Waals surface area contributed by atoms with Crippen molar-refractivity contribution in [1.82, 2.24) is 5.32 Å². The zero-order valence-corrected chi connectivity index (χ0v) is 16.6. The lowest BCUT2D eigenvalue weighted by atomic mass is 9.98. The second kappa shape index (κ2) is 9.00. The van der Waals surface area contributed by atoms with Gasteiger partial charge in [0.1, 0.15) is 18.5 Å². The van der Waals surface area contributed by atoms with Crippen molar-refractivity contribution in [3.8, 4) is 11.1 Å². The fraction of sp³-hybridized carbons (Fsp3) is 0.391. The molecular weight excluding hydrogens is 355 g/mol. The van der Waals surface area contributed by atoms with E-state index in [1.165, 1.54) is 13.0 Å². The smallest absolute Gasteiger partial charge is 0.217 e. The zero-order valence-electron chi connectivity index (χ0n) is 16.6. The van der Waals surface area contributed by atoms with Crippen molar-refractivity contribution in [2.24, 2.45) is 10.9 Å². The Hall–Kier alpha value is -2.69. The molecule has 0 saturated carbocycles. The number of aliphatic imine (C=N–C) groups is 1. The molecule has 0 saturated heterocycles. The number of hydrogen-bond donors (Lipinski definition) is 1. The minimum atomic E-state index is -0.243. The van der Waals surface area contributed by atoms with E-state index in [0.29, 0.717) is 24.5 Å². The summed E-state index contributed by atoms with van der Waals surface area (Å²) in [5.41, 5.74) is 2.66. The van der Waals surface area contributed by atoms with Crippen LogP contribution in [0.1, 0.15) is 32.8 Å². The number of amides is 1. The molecule has 0 radical (unpaired) electrons. The van der Waals surface area contributed by atoms with Gasteiger partial charge in [0, 0.05) is 13.3 Å². The van der Waals surface area contributed by atoms with Crippen LogP contribution in [0.2, 0.25) is 0 Å². The highest BCUT2D eigenvalue weighted by Gasteiger charge is 2.30. The van der Waals surface area contributed by atoms with E-state index in [9.17, 15) is 9.18 Å². The number of nitrogens with zero attached hydrogens (tertiary/aromatic N) is 1. The molecule has 2 aromatic rings. The Morgan fingerprint density at radius 2 is 2.00 bits per heavy atom. The summed E-state index contributed by atoms with van der Waals surface area (Å²) in [5, 5.41) is 2.93. The van der Waals surface area contributed by atoms with Gasteiger partial charge in [-0.15, -0.1) is 0 Å². The van der Waals surface area contributed by atoms with E-state index in [-0.39, 0.29) is 29.7 Å². The summed E-state index contributed by atoms with van der Waals surface area (Å²) in [6.45, 7) is 6.02. The first-order valence-corrected chi connectivity index (χ1v) is 9.79. The maximum atomic E-state index is 14.4. The maximum absolute atomic E-state index is 14.4. The molecule has 0 spiro atoms. The number of carbonyl (C=O) groups excluding carboxylic acids is 1.